The van der Waals surface area contributed by atoms with Crippen molar-refractivity contribution in [2.75, 3.05) is 0 Å². The zero-order valence-corrected chi connectivity index (χ0v) is 11.0. The maximum absolute atomic E-state index is 11.8. The summed E-state index contributed by atoms with van der Waals surface area (Å²) in [4.78, 5) is 15.8. The van der Waals surface area contributed by atoms with Gasteiger partial charge in [0, 0.05) is 17.2 Å². The molecule has 0 radical (unpaired) electrons. The van der Waals surface area contributed by atoms with Crippen LogP contribution in [0.3, 0.4) is 0 Å². The predicted octanol–water partition coefficient (Wildman–Crippen LogP) is 2.48. The molecule has 2 N–H and O–H groups in total. The number of aromatic nitrogens is 1. The lowest BCUT2D eigenvalue weighted by atomic mass is 10.2. The summed E-state index contributed by atoms with van der Waals surface area (Å²) < 4.78 is 0.831. The fourth-order valence-electron chi connectivity index (χ4n) is 1.40. The van der Waals surface area contributed by atoms with Gasteiger partial charge in [0.1, 0.15) is 11.4 Å². The third-order valence-electron chi connectivity index (χ3n) is 2.35. The third-order valence-corrected chi connectivity index (χ3v) is 2.82. The Morgan fingerprint density at radius 2 is 1.94 bits per heavy atom. The van der Waals surface area contributed by atoms with E-state index in [1.165, 1.54) is 0 Å². The number of nitrogens with zero attached hydrogens (tertiary/aromatic N) is 1. The van der Waals surface area contributed by atoms with Gasteiger partial charge in [-0.05, 0) is 45.8 Å². The van der Waals surface area contributed by atoms with Gasteiger partial charge in [0.15, 0.2) is 0 Å². The molecule has 0 aliphatic rings. The van der Waals surface area contributed by atoms with Gasteiger partial charge in [-0.2, -0.15) is 0 Å². The predicted molar refractivity (Wildman–Crippen MR) is 71.2 cm³/mol. The Hall–Kier alpha value is -1.88. The maximum atomic E-state index is 11.8. The van der Waals surface area contributed by atoms with E-state index in [-0.39, 0.29) is 11.7 Å². The Labute approximate surface area is 113 Å². The smallest absolute Gasteiger partial charge is 0.270 e. The number of amides is 1. The average molecular weight is 307 g/mol. The molecular formula is C13H11BrN2O2. The number of carbonyl (C=O) groups excluding carboxylic acids is 1. The first-order valence-corrected chi connectivity index (χ1v) is 6.12. The summed E-state index contributed by atoms with van der Waals surface area (Å²) in [6.45, 7) is 0.400. The SMILES string of the molecule is O=C(NCc1ccc(O)cc1)c1ccc(Br)cn1. The van der Waals surface area contributed by atoms with E-state index in [4.69, 9.17) is 5.11 Å². The minimum atomic E-state index is -0.226. The second-order valence-corrected chi connectivity index (χ2v) is 4.63. The van der Waals surface area contributed by atoms with Crippen LogP contribution in [0.1, 0.15) is 16.1 Å². The molecule has 1 aromatic heterocycles. The molecule has 1 heterocycles. The molecule has 92 valence electrons. The molecule has 0 bridgehead atoms. The minimum Gasteiger partial charge on any atom is -0.508 e. The highest BCUT2D eigenvalue weighted by Crippen LogP contribution is 2.10. The second kappa shape index (κ2) is 5.64. The van der Waals surface area contributed by atoms with Crippen LogP contribution in [0.4, 0.5) is 0 Å². The van der Waals surface area contributed by atoms with Crippen LogP contribution in [0.15, 0.2) is 47.1 Å². The lowest BCUT2D eigenvalue weighted by molar-refractivity contribution is 0.0946. The first kappa shape index (κ1) is 12.6. The number of pyridine rings is 1. The number of phenolic OH excluding ortho intramolecular Hbond substituents is 1. The van der Waals surface area contributed by atoms with Crippen LogP contribution in [-0.2, 0) is 6.54 Å². The molecule has 2 rings (SSSR count). The lowest BCUT2D eigenvalue weighted by Gasteiger charge is -2.05. The Kier molecular flexibility index (Phi) is 3.94. The molecule has 5 heteroatoms. The number of phenols is 1. The van der Waals surface area contributed by atoms with Crippen molar-refractivity contribution in [2.45, 2.75) is 6.54 Å². The van der Waals surface area contributed by atoms with E-state index in [1.807, 2.05) is 0 Å². The van der Waals surface area contributed by atoms with Gasteiger partial charge in [-0.15, -0.1) is 0 Å². The second-order valence-electron chi connectivity index (χ2n) is 3.71. The van der Waals surface area contributed by atoms with E-state index in [9.17, 15) is 4.79 Å². The minimum absolute atomic E-state index is 0.208. The summed E-state index contributed by atoms with van der Waals surface area (Å²) in [5.41, 5.74) is 1.29. The van der Waals surface area contributed by atoms with Gasteiger partial charge in [-0.25, -0.2) is 4.98 Å². The van der Waals surface area contributed by atoms with Gasteiger partial charge in [-0.1, -0.05) is 12.1 Å². The first-order chi connectivity index (χ1) is 8.65. The molecular weight excluding hydrogens is 296 g/mol. The van der Waals surface area contributed by atoms with Gasteiger partial charge >= 0.3 is 0 Å². The highest BCUT2D eigenvalue weighted by Gasteiger charge is 2.06. The summed E-state index contributed by atoms with van der Waals surface area (Å²) in [6.07, 6.45) is 1.58. The molecule has 0 spiro atoms. The highest BCUT2D eigenvalue weighted by atomic mass is 79.9. The van der Waals surface area contributed by atoms with Crippen LogP contribution in [0.25, 0.3) is 0 Å². The molecule has 0 aliphatic carbocycles. The Morgan fingerprint density at radius 1 is 1.22 bits per heavy atom. The number of rotatable bonds is 3. The average Bonchev–Trinajstić information content (AvgIpc) is 2.38. The molecule has 0 saturated heterocycles. The fourth-order valence-corrected chi connectivity index (χ4v) is 1.63. The topological polar surface area (TPSA) is 62.2 Å². The van der Waals surface area contributed by atoms with Crippen LogP contribution in [0, 0.1) is 0 Å². The normalized spacial score (nSPS) is 10.1. The van der Waals surface area contributed by atoms with E-state index in [1.54, 1.807) is 42.6 Å². The molecule has 0 saturated carbocycles. The summed E-state index contributed by atoms with van der Waals surface area (Å²) in [5.74, 6) is -0.0183. The first-order valence-electron chi connectivity index (χ1n) is 5.33. The van der Waals surface area contributed by atoms with Crippen LogP contribution >= 0.6 is 15.9 Å². The van der Waals surface area contributed by atoms with E-state index in [0.29, 0.717) is 12.2 Å². The fraction of sp³-hybridized carbons (Fsp3) is 0.0769. The van der Waals surface area contributed by atoms with Crippen molar-refractivity contribution in [3.05, 3.63) is 58.3 Å². The quantitative estimate of drug-likeness (QED) is 0.916. The van der Waals surface area contributed by atoms with Crippen molar-refractivity contribution in [3.63, 3.8) is 0 Å². The van der Waals surface area contributed by atoms with Crippen LogP contribution in [-0.4, -0.2) is 16.0 Å². The maximum Gasteiger partial charge on any atom is 0.270 e. The summed E-state index contributed by atoms with van der Waals surface area (Å²) in [7, 11) is 0. The molecule has 1 aromatic carbocycles. The Balaban J connectivity index is 1.96. The molecule has 2 aromatic rings. The van der Waals surface area contributed by atoms with Gasteiger partial charge in [-0.3, -0.25) is 4.79 Å². The number of hydrogen-bond donors (Lipinski definition) is 2. The number of hydrogen-bond acceptors (Lipinski definition) is 3. The van der Waals surface area contributed by atoms with Crippen molar-refractivity contribution in [1.82, 2.24) is 10.3 Å². The molecule has 4 nitrogen and oxygen atoms in total. The van der Waals surface area contributed by atoms with Crippen molar-refractivity contribution >= 4 is 21.8 Å². The highest BCUT2D eigenvalue weighted by molar-refractivity contribution is 9.10. The summed E-state index contributed by atoms with van der Waals surface area (Å²) in [5, 5.41) is 11.9. The van der Waals surface area contributed by atoms with E-state index >= 15 is 0 Å². The molecule has 0 fully saturated rings. The van der Waals surface area contributed by atoms with Crippen molar-refractivity contribution in [3.8, 4) is 5.75 Å². The molecule has 0 atom stereocenters. The van der Waals surface area contributed by atoms with Gasteiger partial charge < -0.3 is 10.4 Å². The number of benzene rings is 1. The zero-order valence-electron chi connectivity index (χ0n) is 9.43. The van der Waals surface area contributed by atoms with E-state index in [0.717, 1.165) is 10.0 Å². The summed E-state index contributed by atoms with van der Waals surface area (Å²) in [6, 6.07) is 10.1. The number of nitrogens with one attached hydrogen (secondary N) is 1. The van der Waals surface area contributed by atoms with Crippen molar-refractivity contribution in [1.29, 1.82) is 0 Å². The monoisotopic (exact) mass is 306 g/mol. The Bertz CT molecular complexity index is 538. The molecule has 1 amide bonds. The molecule has 0 unspecified atom stereocenters. The van der Waals surface area contributed by atoms with Crippen molar-refractivity contribution < 1.29 is 9.90 Å². The van der Waals surface area contributed by atoms with Gasteiger partial charge in [0.05, 0.1) is 0 Å². The van der Waals surface area contributed by atoms with Gasteiger partial charge in [0.2, 0.25) is 0 Å². The summed E-state index contributed by atoms with van der Waals surface area (Å²) >= 11 is 3.26. The van der Waals surface area contributed by atoms with Crippen LogP contribution < -0.4 is 5.32 Å². The standard InChI is InChI=1S/C13H11BrN2O2/c14-10-3-6-12(15-8-10)13(18)16-7-9-1-4-11(17)5-2-9/h1-6,8,17H,7H2,(H,16,18). The Morgan fingerprint density at radius 3 is 2.56 bits per heavy atom. The number of halogens is 1. The largest absolute Gasteiger partial charge is 0.508 e. The molecule has 18 heavy (non-hydrogen) atoms. The van der Waals surface area contributed by atoms with Crippen molar-refractivity contribution in [2.24, 2.45) is 0 Å². The van der Waals surface area contributed by atoms with Gasteiger partial charge in [0.25, 0.3) is 5.91 Å². The third kappa shape index (κ3) is 3.30. The molecule has 0 aliphatic heterocycles. The zero-order chi connectivity index (χ0) is 13.0. The van der Waals surface area contributed by atoms with E-state index < -0.39 is 0 Å². The number of carbonyl (C=O) groups is 1. The van der Waals surface area contributed by atoms with Crippen LogP contribution in [0.2, 0.25) is 0 Å². The van der Waals surface area contributed by atoms with Crippen LogP contribution in [0.5, 0.6) is 5.75 Å². The lowest BCUT2D eigenvalue weighted by Crippen LogP contribution is -2.23. The van der Waals surface area contributed by atoms with E-state index in [2.05, 4.69) is 26.2 Å². The number of aromatic hydroxyl groups is 1.